The number of likely N-dealkylation sites (tertiary alicyclic amines) is 1. The quantitative estimate of drug-likeness (QED) is 0.507. The molecule has 0 spiro atoms. The van der Waals surface area contributed by atoms with Crippen molar-refractivity contribution in [2.75, 3.05) is 31.2 Å². The zero-order valence-corrected chi connectivity index (χ0v) is 18.8. The van der Waals surface area contributed by atoms with Crippen LogP contribution >= 0.6 is 11.8 Å². The summed E-state index contributed by atoms with van der Waals surface area (Å²) in [7, 11) is 0. The van der Waals surface area contributed by atoms with Crippen molar-refractivity contribution in [1.29, 1.82) is 0 Å². The largest absolute Gasteiger partial charge is 0.480 e. The molecule has 1 aliphatic carbocycles. The number of hydrogen-bond acceptors (Lipinski definition) is 6. The van der Waals surface area contributed by atoms with Gasteiger partial charge in [-0.15, -0.1) is 0 Å². The minimum absolute atomic E-state index is 0.00635. The summed E-state index contributed by atoms with van der Waals surface area (Å²) in [4.78, 5) is 36.9. The molecule has 1 saturated heterocycles. The molecule has 0 unspecified atom stereocenters. The molecule has 2 amide bonds. The maximum Gasteiger partial charge on any atom is 0.407 e. The van der Waals surface area contributed by atoms with E-state index >= 15 is 0 Å². The molecule has 2 aliphatic rings. The van der Waals surface area contributed by atoms with Crippen LogP contribution < -0.4 is 5.32 Å². The van der Waals surface area contributed by atoms with Crippen molar-refractivity contribution in [3.63, 3.8) is 0 Å². The normalized spacial score (nSPS) is 19.1. The van der Waals surface area contributed by atoms with E-state index in [9.17, 15) is 24.6 Å². The van der Waals surface area contributed by atoms with Gasteiger partial charge in [0.2, 0.25) is 5.91 Å². The van der Waals surface area contributed by atoms with Crippen molar-refractivity contribution in [3.05, 3.63) is 59.7 Å². The van der Waals surface area contributed by atoms with Gasteiger partial charge in [-0.2, -0.15) is 11.8 Å². The monoisotopic (exact) mass is 470 g/mol. The first-order valence-electron chi connectivity index (χ1n) is 10.8. The second kappa shape index (κ2) is 10.3. The zero-order valence-electron chi connectivity index (χ0n) is 18.0. The van der Waals surface area contributed by atoms with Gasteiger partial charge in [-0.25, -0.2) is 9.59 Å². The van der Waals surface area contributed by atoms with Gasteiger partial charge in [0.1, 0.15) is 12.6 Å². The number of amides is 2. The number of carboxylic acid groups (broad SMARTS) is 1. The lowest BCUT2D eigenvalue weighted by atomic mass is 9.98. The van der Waals surface area contributed by atoms with Crippen molar-refractivity contribution in [2.45, 2.75) is 24.5 Å². The van der Waals surface area contributed by atoms with Crippen molar-refractivity contribution >= 4 is 29.7 Å². The van der Waals surface area contributed by atoms with Gasteiger partial charge in [0.05, 0.1) is 11.9 Å². The number of nitrogens with one attached hydrogen (secondary N) is 1. The third-order valence-electron chi connectivity index (χ3n) is 5.97. The highest BCUT2D eigenvalue weighted by Gasteiger charge is 2.38. The fourth-order valence-corrected chi connectivity index (χ4v) is 5.17. The molecule has 9 heteroatoms. The van der Waals surface area contributed by atoms with Gasteiger partial charge in [-0.1, -0.05) is 48.5 Å². The van der Waals surface area contributed by atoms with Crippen molar-refractivity contribution in [2.24, 2.45) is 0 Å². The Morgan fingerprint density at radius 2 is 1.70 bits per heavy atom. The van der Waals surface area contributed by atoms with Crippen molar-refractivity contribution in [1.82, 2.24) is 10.2 Å². The number of ether oxygens (including phenoxy) is 1. The van der Waals surface area contributed by atoms with Crippen LogP contribution in [0, 0.1) is 0 Å². The van der Waals surface area contributed by atoms with Crippen LogP contribution in [0.15, 0.2) is 48.5 Å². The first-order valence-corrected chi connectivity index (χ1v) is 12.0. The highest BCUT2D eigenvalue weighted by Crippen LogP contribution is 2.44. The summed E-state index contributed by atoms with van der Waals surface area (Å²) in [6.07, 6.45) is -1.28. The van der Waals surface area contributed by atoms with Crippen LogP contribution in [0.3, 0.4) is 0 Å². The molecular weight excluding hydrogens is 444 g/mol. The number of carbonyl (C=O) groups excluding carboxylic acids is 2. The fourth-order valence-electron chi connectivity index (χ4n) is 4.44. The number of aliphatic hydroxyl groups excluding tert-OH is 1. The molecule has 3 N–H and O–H groups in total. The topological polar surface area (TPSA) is 116 Å². The van der Waals surface area contributed by atoms with Crippen LogP contribution in [0.2, 0.25) is 0 Å². The second-order valence-corrected chi connectivity index (χ2v) is 9.20. The van der Waals surface area contributed by atoms with Gasteiger partial charge in [0, 0.05) is 31.2 Å². The van der Waals surface area contributed by atoms with Crippen molar-refractivity contribution in [3.8, 4) is 11.1 Å². The third kappa shape index (κ3) is 5.15. The maximum atomic E-state index is 12.3. The standard InChI is InChI=1S/C24H26N2O6S/c27-15-11-21(23(29)30)26(12-15)22(28)14-33-10-9-25-24(31)32-13-20-18-7-3-1-5-16(18)17-6-2-4-8-19(17)20/h1-8,15,20-21,27H,9-14H2,(H,25,31)(H,29,30)/t15-,21+/m1/s1. The zero-order chi connectivity index (χ0) is 23.4. The summed E-state index contributed by atoms with van der Waals surface area (Å²) in [5, 5.41) is 21.5. The maximum absolute atomic E-state index is 12.3. The molecule has 0 aromatic heterocycles. The number of hydrogen-bond donors (Lipinski definition) is 3. The van der Waals surface area contributed by atoms with Gasteiger partial charge in [0.15, 0.2) is 0 Å². The molecule has 33 heavy (non-hydrogen) atoms. The van der Waals surface area contributed by atoms with Gasteiger partial charge in [0.25, 0.3) is 0 Å². The number of rotatable bonds is 8. The summed E-state index contributed by atoms with van der Waals surface area (Å²) in [6, 6.07) is 15.3. The predicted molar refractivity (Wildman–Crippen MR) is 124 cm³/mol. The Balaban J connectivity index is 1.19. The Labute approximate surface area is 195 Å². The number of carboxylic acids is 1. The van der Waals surface area contributed by atoms with Crippen molar-refractivity contribution < 1.29 is 29.3 Å². The second-order valence-electron chi connectivity index (χ2n) is 8.09. The summed E-state index contributed by atoms with van der Waals surface area (Å²) in [6.45, 7) is 0.591. The van der Waals surface area contributed by atoms with E-state index in [1.165, 1.54) is 27.8 Å². The highest BCUT2D eigenvalue weighted by molar-refractivity contribution is 7.99. The highest BCUT2D eigenvalue weighted by atomic mass is 32.2. The summed E-state index contributed by atoms with van der Waals surface area (Å²) < 4.78 is 5.47. The van der Waals surface area contributed by atoms with E-state index in [0.29, 0.717) is 12.3 Å². The molecule has 0 saturated carbocycles. The third-order valence-corrected chi connectivity index (χ3v) is 6.91. The fraction of sp³-hybridized carbons (Fsp3) is 0.375. The number of carbonyl (C=O) groups is 3. The van der Waals surface area contributed by atoms with Crippen LogP contribution in [0.5, 0.6) is 0 Å². The average Bonchev–Trinajstić information content (AvgIpc) is 3.36. The number of aliphatic carboxylic acids is 1. The first-order chi connectivity index (χ1) is 16.0. The molecule has 0 bridgehead atoms. The molecule has 0 radical (unpaired) electrons. The van der Waals surface area contributed by atoms with Gasteiger partial charge in [-0.05, 0) is 22.3 Å². The van der Waals surface area contributed by atoms with E-state index < -0.39 is 24.2 Å². The van der Waals surface area contributed by atoms with Gasteiger partial charge in [-0.3, -0.25) is 4.79 Å². The number of β-amino-alcohol motifs (C(OH)–C–C–N with tert-alkyl or cyclic N) is 1. The smallest absolute Gasteiger partial charge is 0.407 e. The van der Waals surface area contributed by atoms with E-state index in [2.05, 4.69) is 29.6 Å². The lowest BCUT2D eigenvalue weighted by Gasteiger charge is -2.20. The number of thioether (sulfide) groups is 1. The van der Waals surface area contributed by atoms with E-state index in [4.69, 9.17) is 4.74 Å². The van der Waals surface area contributed by atoms with Crippen LogP contribution in [0.25, 0.3) is 11.1 Å². The SMILES string of the molecule is O=C(NCCSCC(=O)N1C[C@H](O)C[C@H]1C(=O)O)OCC1c2ccccc2-c2ccccc21. The molecule has 4 rings (SSSR count). The van der Waals surface area contributed by atoms with E-state index in [0.717, 1.165) is 11.1 Å². The first kappa shape index (κ1) is 23.1. The Morgan fingerprint density at radius 1 is 1.06 bits per heavy atom. The number of fused-ring (bicyclic) bond motifs is 3. The molecule has 2 aromatic carbocycles. The van der Waals surface area contributed by atoms with Gasteiger partial charge < -0.3 is 25.2 Å². The Bertz CT molecular complexity index is 1000. The van der Waals surface area contributed by atoms with Crippen LogP contribution in [-0.2, 0) is 14.3 Å². The minimum Gasteiger partial charge on any atom is -0.480 e. The van der Waals surface area contributed by atoms with E-state index in [1.54, 1.807) is 0 Å². The molecule has 2 atom stereocenters. The Hall–Kier alpha value is -3.04. The Morgan fingerprint density at radius 3 is 2.33 bits per heavy atom. The number of benzene rings is 2. The van der Waals surface area contributed by atoms with E-state index in [1.807, 2.05) is 24.3 Å². The Kier molecular flexibility index (Phi) is 7.20. The number of nitrogens with zero attached hydrogens (tertiary/aromatic N) is 1. The minimum atomic E-state index is -1.11. The molecule has 2 aromatic rings. The summed E-state index contributed by atoms with van der Waals surface area (Å²) in [5.74, 6) is -0.882. The predicted octanol–water partition coefficient (Wildman–Crippen LogP) is 2.30. The number of alkyl carbamates (subject to hydrolysis) is 1. The van der Waals surface area contributed by atoms with E-state index in [-0.39, 0.29) is 37.2 Å². The molecule has 1 heterocycles. The molecule has 1 fully saturated rings. The number of aliphatic hydroxyl groups is 1. The average molecular weight is 471 g/mol. The van der Waals surface area contributed by atoms with Crippen LogP contribution in [0.4, 0.5) is 4.79 Å². The summed E-state index contributed by atoms with van der Waals surface area (Å²) in [5.41, 5.74) is 4.62. The van der Waals surface area contributed by atoms with Crippen LogP contribution in [0.1, 0.15) is 23.5 Å². The lowest BCUT2D eigenvalue weighted by Crippen LogP contribution is -2.41. The molecular formula is C24H26N2O6S. The molecule has 8 nitrogen and oxygen atoms in total. The lowest BCUT2D eigenvalue weighted by molar-refractivity contribution is -0.147. The van der Waals surface area contributed by atoms with Gasteiger partial charge >= 0.3 is 12.1 Å². The molecule has 1 aliphatic heterocycles. The van der Waals surface area contributed by atoms with Crippen LogP contribution in [-0.4, -0.2) is 76.4 Å². The molecule has 174 valence electrons. The summed E-state index contributed by atoms with van der Waals surface area (Å²) >= 11 is 1.29.